The summed E-state index contributed by atoms with van der Waals surface area (Å²) in [5.74, 6) is 2.47. The summed E-state index contributed by atoms with van der Waals surface area (Å²) in [6.45, 7) is 0. The summed E-state index contributed by atoms with van der Waals surface area (Å²) < 4.78 is 1.70. The lowest BCUT2D eigenvalue weighted by atomic mass is 10.0. The Morgan fingerprint density at radius 3 is 2.82 bits per heavy atom. The highest BCUT2D eigenvalue weighted by Crippen LogP contribution is 2.57. The van der Waals surface area contributed by atoms with Crippen LogP contribution in [-0.4, -0.2) is 31.6 Å². The minimum absolute atomic E-state index is 0.0435. The molecular weight excluding hydrogens is 238 g/mol. The normalized spacial score (nSPS) is 30.3. The standard InChI is InChI=1S/C11H15N3O2S/c1-14-11(17-5-9(15)16)12-10(13-14)8-3-6-2-7(6)4-8/h6-8H,2-5H2,1H3,(H,15,16). The quantitative estimate of drug-likeness (QED) is 0.824. The van der Waals surface area contributed by atoms with Crippen LogP contribution >= 0.6 is 11.8 Å². The van der Waals surface area contributed by atoms with Gasteiger partial charge in [0.15, 0.2) is 11.0 Å². The van der Waals surface area contributed by atoms with Gasteiger partial charge in [0.05, 0.1) is 5.75 Å². The number of aliphatic carboxylic acids is 1. The number of hydrogen-bond donors (Lipinski definition) is 1. The molecule has 92 valence electrons. The number of carboxylic acid groups (broad SMARTS) is 1. The van der Waals surface area contributed by atoms with Gasteiger partial charge in [0.25, 0.3) is 0 Å². The molecule has 1 aromatic rings. The van der Waals surface area contributed by atoms with Gasteiger partial charge in [-0.15, -0.1) is 0 Å². The summed E-state index contributed by atoms with van der Waals surface area (Å²) >= 11 is 1.24. The van der Waals surface area contributed by atoms with Crippen molar-refractivity contribution < 1.29 is 9.90 Å². The van der Waals surface area contributed by atoms with Crippen LogP contribution in [0.1, 0.15) is 31.0 Å². The third kappa shape index (κ3) is 2.18. The Balaban J connectivity index is 1.69. The fourth-order valence-electron chi connectivity index (χ4n) is 2.74. The summed E-state index contributed by atoms with van der Waals surface area (Å²) in [5, 5.41) is 13.8. The van der Waals surface area contributed by atoms with Gasteiger partial charge in [-0.2, -0.15) is 5.10 Å². The third-order valence-electron chi connectivity index (χ3n) is 3.67. The maximum atomic E-state index is 10.5. The van der Waals surface area contributed by atoms with Gasteiger partial charge in [-0.25, -0.2) is 9.67 Å². The molecule has 2 saturated carbocycles. The zero-order valence-corrected chi connectivity index (χ0v) is 10.5. The van der Waals surface area contributed by atoms with Crippen LogP contribution in [0.25, 0.3) is 0 Å². The van der Waals surface area contributed by atoms with E-state index in [9.17, 15) is 4.79 Å². The first-order valence-electron chi connectivity index (χ1n) is 5.89. The molecular formula is C11H15N3O2S. The minimum Gasteiger partial charge on any atom is -0.481 e. The lowest BCUT2D eigenvalue weighted by molar-refractivity contribution is -0.133. The molecule has 6 heteroatoms. The summed E-state index contributed by atoms with van der Waals surface area (Å²) in [4.78, 5) is 15.0. The molecule has 0 saturated heterocycles. The van der Waals surface area contributed by atoms with Gasteiger partial charge in [0, 0.05) is 13.0 Å². The highest BCUT2D eigenvalue weighted by Gasteiger charge is 2.47. The van der Waals surface area contributed by atoms with Crippen LogP contribution in [-0.2, 0) is 11.8 Å². The Hall–Kier alpha value is -1.04. The smallest absolute Gasteiger partial charge is 0.313 e. The van der Waals surface area contributed by atoms with E-state index in [2.05, 4.69) is 10.1 Å². The van der Waals surface area contributed by atoms with E-state index in [4.69, 9.17) is 5.11 Å². The molecule has 2 unspecified atom stereocenters. The van der Waals surface area contributed by atoms with Gasteiger partial charge in [0.2, 0.25) is 0 Å². The van der Waals surface area contributed by atoms with Crippen LogP contribution in [0.5, 0.6) is 0 Å². The van der Waals surface area contributed by atoms with Gasteiger partial charge in [0.1, 0.15) is 0 Å². The molecule has 2 aliphatic rings. The van der Waals surface area contributed by atoms with E-state index in [0.29, 0.717) is 11.1 Å². The lowest BCUT2D eigenvalue weighted by Gasteiger charge is -2.05. The Labute approximate surface area is 104 Å². The number of rotatable bonds is 4. The second-order valence-electron chi connectivity index (χ2n) is 4.98. The largest absolute Gasteiger partial charge is 0.481 e. The minimum atomic E-state index is -0.818. The molecule has 0 radical (unpaired) electrons. The van der Waals surface area contributed by atoms with Crippen LogP contribution in [0.15, 0.2) is 5.16 Å². The molecule has 2 fully saturated rings. The van der Waals surface area contributed by atoms with Gasteiger partial charge >= 0.3 is 5.97 Å². The van der Waals surface area contributed by atoms with E-state index in [-0.39, 0.29) is 5.75 Å². The Morgan fingerprint density at radius 1 is 1.47 bits per heavy atom. The van der Waals surface area contributed by atoms with Crippen molar-refractivity contribution in [3.05, 3.63) is 5.82 Å². The van der Waals surface area contributed by atoms with Gasteiger partial charge in [-0.05, 0) is 31.1 Å². The van der Waals surface area contributed by atoms with Crippen LogP contribution in [0, 0.1) is 11.8 Å². The van der Waals surface area contributed by atoms with Crippen LogP contribution in [0.3, 0.4) is 0 Å². The van der Waals surface area contributed by atoms with E-state index >= 15 is 0 Å². The Bertz CT molecular complexity index is 450. The molecule has 0 aliphatic heterocycles. The average molecular weight is 253 g/mol. The van der Waals surface area contributed by atoms with Crippen molar-refractivity contribution in [1.29, 1.82) is 0 Å². The van der Waals surface area contributed by atoms with Crippen LogP contribution < -0.4 is 0 Å². The molecule has 0 aromatic carbocycles. The van der Waals surface area contributed by atoms with Crippen molar-refractivity contribution >= 4 is 17.7 Å². The molecule has 0 amide bonds. The van der Waals surface area contributed by atoms with E-state index in [1.807, 2.05) is 7.05 Å². The van der Waals surface area contributed by atoms with Crippen LogP contribution in [0.4, 0.5) is 0 Å². The number of fused-ring (bicyclic) bond motifs is 1. The number of aryl methyl sites for hydroxylation is 1. The predicted molar refractivity (Wildman–Crippen MR) is 62.9 cm³/mol. The molecule has 0 bridgehead atoms. The monoisotopic (exact) mass is 253 g/mol. The number of carboxylic acids is 1. The van der Waals surface area contributed by atoms with Crippen molar-refractivity contribution in [2.24, 2.45) is 18.9 Å². The number of nitrogens with zero attached hydrogens (tertiary/aromatic N) is 3. The first-order valence-corrected chi connectivity index (χ1v) is 6.87. The van der Waals surface area contributed by atoms with Gasteiger partial charge in [-0.1, -0.05) is 11.8 Å². The summed E-state index contributed by atoms with van der Waals surface area (Å²) in [5.41, 5.74) is 0. The van der Waals surface area contributed by atoms with Gasteiger partial charge in [-0.3, -0.25) is 4.79 Å². The number of hydrogen-bond acceptors (Lipinski definition) is 4. The third-order valence-corrected chi connectivity index (χ3v) is 4.68. The maximum Gasteiger partial charge on any atom is 0.313 e. The lowest BCUT2D eigenvalue weighted by Crippen LogP contribution is -2.00. The van der Waals surface area contributed by atoms with Gasteiger partial charge < -0.3 is 5.11 Å². The molecule has 2 atom stereocenters. The Kier molecular flexibility index (Phi) is 2.61. The highest BCUT2D eigenvalue weighted by atomic mass is 32.2. The fourth-order valence-corrected chi connectivity index (χ4v) is 3.38. The molecule has 1 heterocycles. The highest BCUT2D eigenvalue weighted by molar-refractivity contribution is 7.99. The first kappa shape index (κ1) is 11.1. The van der Waals surface area contributed by atoms with E-state index in [1.165, 1.54) is 31.0 Å². The number of aromatic nitrogens is 3. The second-order valence-corrected chi connectivity index (χ2v) is 5.93. The molecule has 3 rings (SSSR count). The first-order chi connectivity index (χ1) is 8.13. The molecule has 0 spiro atoms. The van der Waals surface area contributed by atoms with Crippen molar-refractivity contribution in [3.8, 4) is 0 Å². The van der Waals surface area contributed by atoms with Crippen molar-refractivity contribution in [2.75, 3.05) is 5.75 Å². The van der Waals surface area contributed by atoms with Crippen molar-refractivity contribution in [3.63, 3.8) is 0 Å². The zero-order chi connectivity index (χ0) is 12.0. The van der Waals surface area contributed by atoms with E-state index in [0.717, 1.165) is 17.7 Å². The molecule has 2 aliphatic carbocycles. The number of carbonyl (C=O) groups is 1. The zero-order valence-electron chi connectivity index (χ0n) is 9.67. The molecule has 17 heavy (non-hydrogen) atoms. The summed E-state index contributed by atoms with van der Waals surface area (Å²) in [6.07, 6.45) is 3.83. The van der Waals surface area contributed by atoms with Crippen molar-refractivity contribution in [1.82, 2.24) is 14.8 Å². The SMILES string of the molecule is Cn1nc(C2CC3CC3C2)nc1SCC(=O)O. The fraction of sp³-hybridized carbons (Fsp3) is 0.727. The van der Waals surface area contributed by atoms with Crippen LogP contribution in [0.2, 0.25) is 0 Å². The predicted octanol–water partition coefficient (Wildman–Crippen LogP) is 1.51. The number of thioether (sulfide) groups is 1. The average Bonchev–Trinajstić information content (AvgIpc) is 2.72. The summed E-state index contributed by atoms with van der Waals surface area (Å²) in [7, 11) is 1.83. The maximum absolute atomic E-state index is 10.5. The molecule has 1 aromatic heterocycles. The molecule has 1 N–H and O–H groups in total. The van der Waals surface area contributed by atoms with E-state index in [1.54, 1.807) is 4.68 Å². The summed E-state index contributed by atoms with van der Waals surface area (Å²) in [6, 6.07) is 0. The van der Waals surface area contributed by atoms with Crippen molar-refractivity contribution in [2.45, 2.75) is 30.3 Å². The Morgan fingerprint density at radius 2 is 2.18 bits per heavy atom. The van der Waals surface area contributed by atoms with E-state index < -0.39 is 5.97 Å². The second kappa shape index (κ2) is 4.01. The topological polar surface area (TPSA) is 68.0 Å². The molecule has 5 nitrogen and oxygen atoms in total.